The zero-order chi connectivity index (χ0) is 22.2. The van der Waals surface area contributed by atoms with Crippen molar-refractivity contribution in [1.82, 2.24) is 9.55 Å². The lowest BCUT2D eigenvalue weighted by molar-refractivity contribution is 0.0202. The van der Waals surface area contributed by atoms with Crippen LogP contribution in [0.1, 0.15) is 21.6 Å². The maximum Gasteiger partial charge on any atom is 0.356 e. The van der Waals surface area contributed by atoms with E-state index in [9.17, 15) is 13.6 Å². The molecule has 0 unspecified atom stereocenters. The van der Waals surface area contributed by atoms with Crippen molar-refractivity contribution in [3.63, 3.8) is 0 Å². The Hall–Kier alpha value is -2.88. The second-order valence-electron chi connectivity index (χ2n) is 6.75. The molecule has 7 nitrogen and oxygen atoms in total. The summed E-state index contributed by atoms with van der Waals surface area (Å²) in [6.45, 7) is 2.21. The van der Waals surface area contributed by atoms with E-state index < -0.39 is 17.6 Å². The van der Waals surface area contributed by atoms with Crippen LogP contribution < -0.4 is 0 Å². The molecule has 166 valence electrons. The predicted octanol–water partition coefficient (Wildman–Crippen LogP) is 3.33. The third-order valence-corrected chi connectivity index (χ3v) is 4.66. The number of aromatic nitrogens is 2. The van der Waals surface area contributed by atoms with E-state index in [1.165, 1.54) is 25.4 Å². The summed E-state index contributed by atoms with van der Waals surface area (Å²) in [5.41, 5.74) is 1.97. The number of hydrogen-bond donors (Lipinski definition) is 0. The molecule has 0 aliphatic carbocycles. The Kier molecular flexibility index (Phi) is 8.05. The van der Waals surface area contributed by atoms with Gasteiger partial charge in [-0.05, 0) is 12.1 Å². The summed E-state index contributed by atoms with van der Waals surface area (Å²) >= 11 is 0. The summed E-state index contributed by atoms with van der Waals surface area (Å²) in [5, 5.41) is 0.734. The maximum atomic E-state index is 14.2. The van der Waals surface area contributed by atoms with E-state index >= 15 is 0 Å². The van der Waals surface area contributed by atoms with Gasteiger partial charge >= 0.3 is 5.97 Å². The molecule has 0 spiro atoms. The lowest BCUT2D eigenvalue weighted by Crippen LogP contribution is -2.08. The van der Waals surface area contributed by atoms with Crippen molar-refractivity contribution in [2.75, 3.05) is 40.6 Å². The summed E-state index contributed by atoms with van der Waals surface area (Å²) in [6.07, 6.45) is 3.34. The van der Waals surface area contributed by atoms with Crippen molar-refractivity contribution in [2.24, 2.45) is 0 Å². The first-order valence-electron chi connectivity index (χ1n) is 9.68. The molecule has 0 radical (unpaired) electrons. The number of carbonyl (C=O) groups is 1. The molecule has 2 heterocycles. The second-order valence-corrected chi connectivity index (χ2v) is 6.75. The Bertz CT molecular complexity index is 1040. The minimum absolute atomic E-state index is 0.157. The molecule has 0 N–H and O–H groups in total. The van der Waals surface area contributed by atoms with Crippen LogP contribution in [0.5, 0.6) is 0 Å². The van der Waals surface area contributed by atoms with E-state index in [1.807, 2.05) is 6.20 Å². The lowest BCUT2D eigenvalue weighted by Gasteiger charge is -2.07. The van der Waals surface area contributed by atoms with Crippen LogP contribution in [0.3, 0.4) is 0 Å². The van der Waals surface area contributed by atoms with Crippen molar-refractivity contribution in [2.45, 2.75) is 13.2 Å². The fourth-order valence-electron chi connectivity index (χ4n) is 3.10. The van der Waals surface area contributed by atoms with E-state index in [2.05, 4.69) is 4.98 Å². The number of pyridine rings is 1. The zero-order valence-corrected chi connectivity index (χ0v) is 17.4. The quantitative estimate of drug-likeness (QED) is 0.341. The average Bonchev–Trinajstić information content (AvgIpc) is 3.11. The van der Waals surface area contributed by atoms with Gasteiger partial charge in [0.25, 0.3) is 0 Å². The number of nitrogens with zero attached hydrogens (tertiary/aromatic N) is 2. The number of ether oxygens (including phenoxy) is 4. The molecule has 0 fully saturated rings. The molecule has 31 heavy (non-hydrogen) atoms. The maximum absolute atomic E-state index is 14.2. The number of rotatable bonds is 11. The summed E-state index contributed by atoms with van der Waals surface area (Å²) in [6, 6.07) is 5.08. The highest BCUT2D eigenvalue weighted by Crippen LogP contribution is 2.24. The van der Waals surface area contributed by atoms with Crippen LogP contribution in [-0.4, -0.2) is 56.2 Å². The SMILES string of the molecule is COCCOCCOCc1cn(Cc2ccc(F)cc2F)c2cnc(C(=O)OC)cc12. The largest absolute Gasteiger partial charge is 0.464 e. The van der Waals surface area contributed by atoms with Crippen LogP contribution in [0.15, 0.2) is 36.7 Å². The molecule has 3 rings (SSSR count). The van der Waals surface area contributed by atoms with E-state index in [0.29, 0.717) is 37.5 Å². The van der Waals surface area contributed by atoms with Crippen LogP contribution in [0.4, 0.5) is 8.78 Å². The van der Waals surface area contributed by atoms with Crippen LogP contribution in [0.2, 0.25) is 0 Å². The topological polar surface area (TPSA) is 71.8 Å². The van der Waals surface area contributed by atoms with Gasteiger partial charge < -0.3 is 23.5 Å². The van der Waals surface area contributed by atoms with E-state index in [1.54, 1.807) is 17.7 Å². The molecule has 0 saturated carbocycles. The van der Waals surface area contributed by atoms with Gasteiger partial charge in [-0.1, -0.05) is 6.07 Å². The van der Waals surface area contributed by atoms with Crippen LogP contribution >= 0.6 is 0 Å². The monoisotopic (exact) mass is 434 g/mol. The molecule has 0 saturated heterocycles. The van der Waals surface area contributed by atoms with Crippen molar-refractivity contribution < 1.29 is 32.5 Å². The number of benzene rings is 1. The third-order valence-electron chi connectivity index (χ3n) is 4.66. The number of fused-ring (bicyclic) bond motifs is 1. The first kappa shape index (κ1) is 22.8. The molecule has 0 atom stereocenters. The number of methoxy groups -OCH3 is 2. The van der Waals surface area contributed by atoms with Gasteiger partial charge in [0.15, 0.2) is 0 Å². The number of carbonyl (C=O) groups excluding carboxylic acids is 1. The van der Waals surface area contributed by atoms with Gasteiger partial charge in [-0.2, -0.15) is 0 Å². The number of esters is 1. The highest BCUT2D eigenvalue weighted by molar-refractivity contribution is 5.93. The highest BCUT2D eigenvalue weighted by Gasteiger charge is 2.15. The molecule has 0 amide bonds. The van der Waals surface area contributed by atoms with Crippen molar-refractivity contribution in [3.8, 4) is 0 Å². The van der Waals surface area contributed by atoms with Gasteiger partial charge in [0, 0.05) is 35.9 Å². The van der Waals surface area contributed by atoms with Gasteiger partial charge in [-0.25, -0.2) is 18.6 Å². The lowest BCUT2D eigenvalue weighted by atomic mass is 10.2. The smallest absolute Gasteiger partial charge is 0.356 e. The van der Waals surface area contributed by atoms with Gasteiger partial charge in [0.05, 0.1) is 58.4 Å². The van der Waals surface area contributed by atoms with Crippen LogP contribution in [0.25, 0.3) is 10.9 Å². The standard InChI is InChI=1S/C22H24F2N2O5/c1-28-5-6-30-7-8-31-14-16-13-26(12-15-3-4-17(23)9-19(15)24)21-11-25-20(10-18(16)21)22(27)29-2/h3-4,9-11,13H,5-8,12,14H2,1-2H3. The van der Waals surface area contributed by atoms with Crippen molar-refractivity contribution >= 4 is 16.9 Å². The molecule has 0 aliphatic rings. The number of halogens is 2. The number of hydrogen-bond acceptors (Lipinski definition) is 6. The Morgan fingerprint density at radius 3 is 2.55 bits per heavy atom. The van der Waals surface area contributed by atoms with E-state index in [0.717, 1.165) is 17.0 Å². The molecule has 3 aromatic rings. The second kappa shape index (κ2) is 10.9. The molecular weight excluding hydrogens is 410 g/mol. The molecule has 1 aromatic carbocycles. The Labute approximate surface area is 178 Å². The average molecular weight is 434 g/mol. The highest BCUT2D eigenvalue weighted by atomic mass is 19.1. The zero-order valence-electron chi connectivity index (χ0n) is 17.4. The summed E-state index contributed by atoms with van der Waals surface area (Å²) in [4.78, 5) is 16.0. The first-order valence-corrected chi connectivity index (χ1v) is 9.68. The fraction of sp³-hybridized carbons (Fsp3) is 0.364. The fourth-order valence-corrected chi connectivity index (χ4v) is 3.10. The Balaban J connectivity index is 1.82. The van der Waals surface area contributed by atoms with E-state index in [4.69, 9.17) is 18.9 Å². The molecule has 0 aliphatic heterocycles. The predicted molar refractivity (Wildman–Crippen MR) is 109 cm³/mol. The minimum Gasteiger partial charge on any atom is -0.464 e. The molecular formula is C22H24F2N2O5. The molecule has 0 bridgehead atoms. The van der Waals surface area contributed by atoms with Crippen LogP contribution in [-0.2, 0) is 32.1 Å². The summed E-state index contributed by atoms with van der Waals surface area (Å²) < 4.78 is 49.9. The normalized spacial score (nSPS) is 11.2. The first-order chi connectivity index (χ1) is 15.0. The van der Waals surface area contributed by atoms with E-state index in [-0.39, 0.29) is 18.8 Å². The van der Waals surface area contributed by atoms with Crippen molar-refractivity contribution in [1.29, 1.82) is 0 Å². The van der Waals surface area contributed by atoms with Gasteiger partial charge in [0.1, 0.15) is 17.3 Å². The van der Waals surface area contributed by atoms with Crippen molar-refractivity contribution in [3.05, 3.63) is 65.1 Å². The van der Waals surface area contributed by atoms with Gasteiger partial charge in [0.2, 0.25) is 0 Å². The summed E-state index contributed by atoms with van der Waals surface area (Å²) in [7, 11) is 2.88. The summed E-state index contributed by atoms with van der Waals surface area (Å²) in [5.74, 6) is -1.82. The Morgan fingerprint density at radius 2 is 1.81 bits per heavy atom. The Morgan fingerprint density at radius 1 is 1.03 bits per heavy atom. The molecule has 9 heteroatoms. The van der Waals surface area contributed by atoms with Gasteiger partial charge in [-0.15, -0.1) is 0 Å². The molecule has 2 aromatic heterocycles. The third kappa shape index (κ3) is 5.84. The van der Waals surface area contributed by atoms with Gasteiger partial charge in [-0.3, -0.25) is 0 Å². The minimum atomic E-state index is -0.634. The van der Waals surface area contributed by atoms with Crippen LogP contribution in [0, 0.1) is 11.6 Å².